The zero-order valence-electron chi connectivity index (χ0n) is 13.7. The Hall–Kier alpha value is -2.87. The van der Waals surface area contributed by atoms with Gasteiger partial charge in [0.05, 0.1) is 11.3 Å². The SMILES string of the molecule is Fc1ccc(CNc2nccc(Nc3ccc(Cl)cc3C(F)(F)F)n2)cc1. The number of nitrogens with one attached hydrogen (secondary N) is 2. The van der Waals surface area contributed by atoms with Crippen LogP contribution in [0, 0.1) is 5.82 Å². The van der Waals surface area contributed by atoms with Crippen LogP contribution >= 0.6 is 11.6 Å². The van der Waals surface area contributed by atoms with Crippen LogP contribution in [0.3, 0.4) is 0 Å². The summed E-state index contributed by atoms with van der Waals surface area (Å²) >= 11 is 5.67. The fraction of sp³-hybridized carbons (Fsp3) is 0.111. The van der Waals surface area contributed by atoms with Gasteiger partial charge in [0.1, 0.15) is 11.6 Å². The van der Waals surface area contributed by atoms with Gasteiger partial charge >= 0.3 is 6.18 Å². The summed E-state index contributed by atoms with van der Waals surface area (Å²) in [5.41, 5.74) is -0.264. The maximum Gasteiger partial charge on any atom is 0.418 e. The number of rotatable bonds is 5. The number of nitrogens with zero attached hydrogens (tertiary/aromatic N) is 2. The van der Waals surface area contributed by atoms with Crippen LogP contribution in [0.25, 0.3) is 0 Å². The van der Waals surface area contributed by atoms with E-state index in [0.29, 0.717) is 6.54 Å². The molecule has 4 nitrogen and oxygen atoms in total. The van der Waals surface area contributed by atoms with E-state index in [1.54, 1.807) is 12.1 Å². The first-order valence-corrected chi connectivity index (χ1v) is 8.14. The van der Waals surface area contributed by atoms with E-state index in [1.165, 1.54) is 36.5 Å². The number of halogens is 5. The lowest BCUT2D eigenvalue weighted by Gasteiger charge is -2.15. The smallest absolute Gasteiger partial charge is 0.350 e. The van der Waals surface area contributed by atoms with Crippen molar-refractivity contribution in [3.05, 3.63) is 76.7 Å². The third-order valence-corrected chi connectivity index (χ3v) is 3.80. The fourth-order valence-corrected chi connectivity index (χ4v) is 2.47. The molecule has 3 rings (SSSR count). The van der Waals surface area contributed by atoms with Crippen molar-refractivity contribution in [1.82, 2.24) is 9.97 Å². The Morgan fingerprint density at radius 2 is 1.74 bits per heavy atom. The minimum atomic E-state index is -4.57. The van der Waals surface area contributed by atoms with Gasteiger partial charge in [-0.05, 0) is 42.0 Å². The van der Waals surface area contributed by atoms with E-state index < -0.39 is 11.7 Å². The highest BCUT2D eigenvalue weighted by Crippen LogP contribution is 2.37. The molecule has 0 aliphatic carbocycles. The van der Waals surface area contributed by atoms with Gasteiger partial charge in [-0.2, -0.15) is 18.2 Å². The van der Waals surface area contributed by atoms with Gasteiger partial charge in [-0.25, -0.2) is 9.37 Å². The van der Waals surface area contributed by atoms with E-state index in [4.69, 9.17) is 11.6 Å². The highest BCUT2D eigenvalue weighted by molar-refractivity contribution is 6.30. The normalized spacial score (nSPS) is 11.3. The lowest BCUT2D eigenvalue weighted by Crippen LogP contribution is -2.10. The van der Waals surface area contributed by atoms with Crippen molar-refractivity contribution in [2.24, 2.45) is 0 Å². The Morgan fingerprint density at radius 3 is 2.44 bits per heavy atom. The second-order valence-corrected chi connectivity index (χ2v) is 5.99. The molecule has 3 aromatic rings. The predicted octanol–water partition coefficient (Wildman–Crippen LogP) is 5.64. The molecule has 0 spiro atoms. The van der Waals surface area contributed by atoms with Crippen LogP contribution in [0.5, 0.6) is 0 Å². The molecule has 0 bridgehead atoms. The number of aromatic nitrogens is 2. The Bertz CT molecular complexity index is 929. The summed E-state index contributed by atoms with van der Waals surface area (Å²) in [6.07, 6.45) is -3.16. The van der Waals surface area contributed by atoms with Crippen LogP contribution in [-0.4, -0.2) is 9.97 Å². The van der Waals surface area contributed by atoms with Crippen LogP contribution < -0.4 is 10.6 Å². The molecule has 0 amide bonds. The molecule has 0 saturated heterocycles. The molecule has 0 aliphatic rings. The average Bonchev–Trinajstić information content (AvgIpc) is 2.62. The number of alkyl halides is 3. The third kappa shape index (κ3) is 5.07. The molecule has 0 fully saturated rings. The van der Waals surface area contributed by atoms with Gasteiger partial charge in [0.15, 0.2) is 0 Å². The van der Waals surface area contributed by atoms with Crippen molar-refractivity contribution in [2.45, 2.75) is 12.7 Å². The average molecular weight is 397 g/mol. The molecule has 0 saturated carbocycles. The zero-order chi connectivity index (χ0) is 19.4. The molecular formula is C18H13ClF4N4. The van der Waals surface area contributed by atoms with Gasteiger partial charge < -0.3 is 10.6 Å². The quantitative estimate of drug-likeness (QED) is 0.548. The van der Waals surface area contributed by atoms with Crippen LogP contribution in [0.1, 0.15) is 11.1 Å². The molecule has 0 aliphatic heterocycles. The largest absolute Gasteiger partial charge is 0.418 e. The van der Waals surface area contributed by atoms with Crippen LogP contribution in [0.4, 0.5) is 35.0 Å². The summed E-state index contributed by atoms with van der Waals surface area (Å²) < 4.78 is 52.4. The van der Waals surface area contributed by atoms with Crippen molar-refractivity contribution in [3.63, 3.8) is 0 Å². The number of anilines is 3. The molecule has 1 heterocycles. The standard InChI is InChI=1S/C18H13ClF4N4/c19-12-3-6-15(14(9-12)18(21,22)23)26-16-7-8-24-17(27-16)25-10-11-1-4-13(20)5-2-11/h1-9H,10H2,(H2,24,25,26,27). The van der Waals surface area contributed by atoms with Gasteiger partial charge in [-0.1, -0.05) is 23.7 Å². The van der Waals surface area contributed by atoms with Gasteiger partial charge in [0.2, 0.25) is 5.95 Å². The topological polar surface area (TPSA) is 49.8 Å². The first-order valence-electron chi connectivity index (χ1n) is 7.76. The summed E-state index contributed by atoms with van der Waals surface area (Å²) in [5.74, 6) is 0.0518. The lowest BCUT2D eigenvalue weighted by atomic mass is 10.1. The molecule has 2 N–H and O–H groups in total. The highest BCUT2D eigenvalue weighted by atomic mass is 35.5. The van der Waals surface area contributed by atoms with Crippen LogP contribution in [0.2, 0.25) is 5.02 Å². The predicted molar refractivity (Wildman–Crippen MR) is 95.5 cm³/mol. The monoisotopic (exact) mass is 396 g/mol. The zero-order valence-corrected chi connectivity index (χ0v) is 14.4. The number of hydrogen-bond donors (Lipinski definition) is 2. The van der Waals surface area contributed by atoms with Crippen molar-refractivity contribution in [1.29, 1.82) is 0 Å². The summed E-state index contributed by atoms with van der Waals surface area (Å²) in [7, 11) is 0. The summed E-state index contributed by atoms with van der Waals surface area (Å²) in [5, 5.41) is 5.55. The van der Waals surface area contributed by atoms with Crippen molar-refractivity contribution in [2.75, 3.05) is 10.6 Å². The molecule has 1 aromatic heterocycles. The van der Waals surface area contributed by atoms with Crippen LogP contribution in [0.15, 0.2) is 54.7 Å². The number of benzene rings is 2. The molecule has 140 valence electrons. The summed E-state index contributed by atoms with van der Waals surface area (Å²) in [6, 6.07) is 10.7. The third-order valence-electron chi connectivity index (χ3n) is 3.57. The van der Waals surface area contributed by atoms with Gasteiger partial charge in [-0.15, -0.1) is 0 Å². The van der Waals surface area contributed by atoms with Crippen molar-refractivity contribution in [3.8, 4) is 0 Å². The van der Waals surface area contributed by atoms with Gasteiger partial charge in [0, 0.05) is 17.8 Å². The van der Waals surface area contributed by atoms with E-state index in [9.17, 15) is 17.6 Å². The Labute approximate surface area is 157 Å². The molecule has 27 heavy (non-hydrogen) atoms. The molecule has 9 heteroatoms. The van der Waals surface area contributed by atoms with Crippen LogP contribution in [-0.2, 0) is 12.7 Å². The van der Waals surface area contributed by atoms with Crippen molar-refractivity contribution < 1.29 is 17.6 Å². The first-order chi connectivity index (χ1) is 12.8. The molecule has 2 aromatic carbocycles. The van der Waals surface area contributed by atoms with Gasteiger partial charge in [-0.3, -0.25) is 0 Å². The Balaban J connectivity index is 1.75. The minimum absolute atomic E-state index is 0.0165. The minimum Gasteiger partial charge on any atom is -0.350 e. The van der Waals surface area contributed by atoms with E-state index >= 15 is 0 Å². The fourth-order valence-electron chi connectivity index (χ4n) is 2.29. The lowest BCUT2D eigenvalue weighted by molar-refractivity contribution is -0.136. The first kappa shape index (κ1) is 18.9. The Morgan fingerprint density at radius 1 is 1.00 bits per heavy atom. The van der Waals surface area contributed by atoms with E-state index in [-0.39, 0.29) is 28.3 Å². The second kappa shape index (κ2) is 7.79. The maximum absolute atomic E-state index is 13.2. The maximum atomic E-state index is 13.2. The van der Waals surface area contributed by atoms with E-state index in [0.717, 1.165) is 11.6 Å². The Kier molecular flexibility index (Phi) is 5.46. The van der Waals surface area contributed by atoms with Gasteiger partial charge in [0.25, 0.3) is 0 Å². The van der Waals surface area contributed by atoms with Crippen molar-refractivity contribution >= 4 is 29.1 Å². The summed E-state index contributed by atoms with van der Waals surface area (Å²) in [4.78, 5) is 8.16. The molecule has 0 unspecified atom stereocenters. The van der Waals surface area contributed by atoms with E-state index in [2.05, 4.69) is 20.6 Å². The second-order valence-electron chi connectivity index (χ2n) is 5.56. The summed E-state index contributed by atoms with van der Waals surface area (Å²) in [6.45, 7) is 0.332. The molecular weight excluding hydrogens is 384 g/mol. The number of hydrogen-bond acceptors (Lipinski definition) is 4. The van der Waals surface area contributed by atoms with E-state index in [1.807, 2.05) is 0 Å². The highest BCUT2D eigenvalue weighted by Gasteiger charge is 2.33. The molecule has 0 radical (unpaired) electrons. The molecule has 0 atom stereocenters.